The third-order valence-electron chi connectivity index (χ3n) is 2.46. The zero-order valence-electron chi connectivity index (χ0n) is 9.90. The Morgan fingerprint density at radius 2 is 1.89 bits per heavy atom. The monoisotopic (exact) mass is 252 g/mol. The van der Waals surface area contributed by atoms with Crippen molar-refractivity contribution in [2.45, 2.75) is 26.2 Å². The Kier molecular flexibility index (Phi) is 4.71. The molecule has 0 saturated heterocycles. The van der Waals surface area contributed by atoms with Gasteiger partial charge in [0.1, 0.15) is 11.6 Å². The summed E-state index contributed by atoms with van der Waals surface area (Å²) >= 11 is 0. The molecule has 0 radical (unpaired) electrons. The first kappa shape index (κ1) is 14.0. The van der Waals surface area contributed by atoms with Crippen LogP contribution in [-0.4, -0.2) is 22.6 Å². The highest BCUT2D eigenvalue weighted by molar-refractivity contribution is 6.08. The van der Waals surface area contributed by atoms with E-state index in [0.29, 0.717) is 5.56 Å². The fourth-order valence-electron chi connectivity index (χ4n) is 1.43. The SMILES string of the molecule is Cc1cc(C(=O)CC(=O)CCC(=O)O)ccc1F. The molecule has 1 N–H and O–H groups in total. The zero-order valence-corrected chi connectivity index (χ0v) is 9.90. The van der Waals surface area contributed by atoms with Crippen molar-refractivity contribution in [2.75, 3.05) is 0 Å². The predicted molar refractivity (Wildman–Crippen MR) is 62.0 cm³/mol. The van der Waals surface area contributed by atoms with Crippen LogP contribution in [0.4, 0.5) is 4.39 Å². The second-order valence-corrected chi connectivity index (χ2v) is 4.00. The van der Waals surface area contributed by atoms with Crippen LogP contribution in [0, 0.1) is 12.7 Å². The molecule has 1 aromatic rings. The topological polar surface area (TPSA) is 71.4 Å². The molecule has 5 heteroatoms. The quantitative estimate of drug-likeness (QED) is 0.622. The van der Waals surface area contributed by atoms with Crippen molar-refractivity contribution >= 4 is 17.5 Å². The van der Waals surface area contributed by atoms with Crippen LogP contribution in [0.25, 0.3) is 0 Å². The van der Waals surface area contributed by atoms with Gasteiger partial charge in [-0.3, -0.25) is 14.4 Å². The van der Waals surface area contributed by atoms with E-state index < -0.39 is 23.4 Å². The smallest absolute Gasteiger partial charge is 0.303 e. The molecule has 1 aromatic carbocycles. The van der Waals surface area contributed by atoms with E-state index in [-0.39, 0.29) is 24.8 Å². The van der Waals surface area contributed by atoms with E-state index in [1.165, 1.54) is 25.1 Å². The van der Waals surface area contributed by atoms with E-state index in [9.17, 15) is 18.8 Å². The van der Waals surface area contributed by atoms with Crippen LogP contribution in [-0.2, 0) is 9.59 Å². The van der Waals surface area contributed by atoms with Crippen molar-refractivity contribution in [1.82, 2.24) is 0 Å². The van der Waals surface area contributed by atoms with Crippen LogP contribution in [0.5, 0.6) is 0 Å². The van der Waals surface area contributed by atoms with Gasteiger partial charge in [-0.2, -0.15) is 0 Å². The highest BCUT2D eigenvalue weighted by Gasteiger charge is 2.13. The standard InChI is InChI=1S/C13H13FO4/c1-8-6-9(2-4-11(8)14)12(16)7-10(15)3-5-13(17)18/h2,4,6H,3,5,7H2,1H3,(H,17,18). The van der Waals surface area contributed by atoms with Gasteiger partial charge in [0.15, 0.2) is 5.78 Å². The van der Waals surface area contributed by atoms with Gasteiger partial charge in [-0.25, -0.2) is 4.39 Å². The lowest BCUT2D eigenvalue weighted by atomic mass is 10.0. The average Bonchev–Trinajstić information content (AvgIpc) is 2.30. The van der Waals surface area contributed by atoms with Crippen LogP contribution in [0.3, 0.4) is 0 Å². The second kappa shape index (κ2) is 6.05. The Labute approximate surface area is 103 Å². The fourth-order valence-corrected chi connectivity index (χ4v) is 1.43. The Morgan fingerprint density at radius 1 is 1.22 bits per heavy atom. The molecule has 0 unspecified atom stereocenters. The molecule has 18 heavy (non-hydrogen) atoms. The summed E-state index contributed by atoms with van der Waals surface area (Å²) in [7, 11) is 0. The summed E-state index contributed by atoms with van der Waals surface area (Å²) in [5.41, 5.74) is 0.594. The van der Waals surface area contributed by atoms with Gasteiger partial charge in [0.2, 0.25) is 0 Å². The van der Waals surface area contributed by atoms with E-state index in [0.717, 1.165) is 0 Å². The molecule has 1 rings (SSSR count). The number of carbonyl (C=O) groups is 3. The molecule has 0 heterocycles. The van der Waals surface area contributed by atoms with Gasteiger partial charge in [-0.1, -0.05) is 0 Å². The molecule has 4 nitrogen and oxygen atoms in total. The maximum atomic E-state index is 13.0. The number of ketones is 2. The summed E-state index contributed by atoms with van der Waals surface area (Å²) in [5, 5.41) is 8.40. The van der Waals surface area contributed by atoms with Crippen LogP contribution in [0.2, 0.25) is 0 Å². The highest BCUT2D eigenvalue weighted by atomic mass is 19.1. The van der Waals surface area contributed by atoms with Crippen molar-refractivity contribution in [3.05, 3.63) is 35.1 Å². The number of Topliss-reactive ketones (excluding diaryl/α,β-unsaturated/α-hetero) is 2. The molecule has 0 aliphatic rings. The number of carbonyl (C=O) groups excluding carboxylic acids is 2. The Hall–Kier alpha value is -2.04. The summed E-state index contributed by atoms with van der Waals surface area (Å²) in [6.45, 7) is 1.53. The molecule has 0 fully saturated rings. The predicted octanol–water partition coefficient (Wildman–Crippen LogP) is 2.14. The summed E-state index contributed by atoms with van der Waals surface area (Å²) in [4.78, 5) is 33.3. The number of aryl methyl sites for hydroxylation is 1. The maximum absolute atomic E-state index is 13.0. The third kappa shape index (κ3) is 4.08. The lowest BCUT2D eigenvalue weighted by Crippen LogP contribution is -2.10. The van der Waals surface area contributed by atoms with Gasteiger partial charge in [0, 0.05) is 12.0 Å². The molecule has 0 bridgehead atoms. The molecule has 0 aromatic heterocycles. The first-order valence-electron chi connectivity index (χ1n) is 5.43. The molecular formula is C13H13FO4. The van der Waals surface area contributed by atoms with Gasteiger partial charge in [-0.05, 0) is 30.7 Å². The first-order chi connectivity index (χ1) is 8.40. The van der Waals surface area contributed by atoms with Crippen molar-refractivity contribution in [3.8, 4) is 0 Å². The van der Waals surface area contributed by atoms with Crippen LogP contribution in [0.15, 0.2) is 18.2 Å². The number of carboxylic acid groups (broad SMARTS) is 1. The van der Waals surface area contributed by atoms with Gasteiger partial charge >= 0.3 is 5.97 Å². The highest BCUT2D eigenvalue weighted by Crippen LogP contribution is 2.12. The molecule has 96 valence electrons. The minimum Gasteiger partial charge on any atom is -0.481 e. The van der Waals surface area contributed by atoms with Crippen molar-refractivity contribution < 1.29 is 23.9 Å². The average molecular weight is 252 g/mol. The second-order valence-electron chi connectivity index (χ2n) is 4.00. The largest absolute Gasteiger partial charge is 0.481 e. The number of carboxylic acids is 1. The zero-order chi connectivity index (χ0) is 13.7. The number of aliphatic carboxylic acids is 1. The van der Waals surface area contributed by atoms with E-state index in [4.69, 9.17) is 5.11 Å². The van der Waals surface area contributed by atoms with Gasteiger partial charge in [-0.15, -0.1) is 0 Å². The molecular weight excluding hydrogens is 239 g/mol. The van der Waals surface area contributed by atoms with Crippen LogP contribution < -0.4 is 0 Å². The lowest BCUT2D eigenvalue weighted by molar-refractivity contribution is -0.138. The fraction of sp³-hybridized carbons (Fsp3) is 0.308. The summed E-state index contributed by atoms with van der Waals surface area (Å²) in [6, 6.07) is 3.86. The number of hydrogen-bond donors (Lipinski definition) is 1. The van der Waals surface area contributed by atoms with Gasteiger partial charge in [0.25, 0.3) is 0 Å². The minimum atomic E-state index is -1.08. The van der Waals surface area contributed by atoms with Crippen LogP contribution in [0.1, 0.15) is 35.2 Å². The maximum Gasteiger partial charge on any atom is 0.303 e. The van der Waals surface area contributed by atoms with E-state index in [1.807, 2.05) is 0 Å². The van der Waals surface area contributed by atoms with Crippen molar-refractivity contribution in [3.63, 3.8) is 0 Å². The third-order valence-corrected chi connectivity index (χ3v) is 2.46. The van der Waals surface area contributed by atoms with E-state index in [1.54, 1.807) is 0 Å². The van der Waals surface area contributed by atoms with E-state index >= 15 is 0 Å². The Morgan fingerprint density at radius 3 is 2.44 bits per heavy atom. The Balaban J connectivity index is 2.62. The molecule has 0 atom stereocenters. The van der Waals surface area contributed by atoms with Gasteiger partial charge < -0.3 is 5.11 Å². The van der Waals surface area contributed by atoms with E-state index in [2.05, 4.69) is 0 Å². The summed E-state index contributed by atoms with van der Waals surface area (Å²) in [6.07, 6.45) is -0.797. The van der Waals surface area contributed by atoms with Crippen LogP contribution >= 0.6 is 0 Å². The molecule has 0 saturated carbocycles. The molecule has 0 amide bonds. The number of hydrogen-bond acceptors (Lipinski definition) is 3. The minimum absolute atomic E-state index is 0.165. The normalized spacial score (nSPS) is 10.1. The summed E-state index contributed by atoms with van der Waals surface area (Å²) in [5.74, 6) is -2.34. The first-order valence-corrected chi connectivity index (χ1v) is 5.43. The summed E-state index contributed by atoms with van der Waals surface area (Å²) < 4.78 is 13.0. The molecule has 0 aliphatic carbocycles. The van der Waals surface area contributed by atoms with Gasteiger partial charge in [0.05, 0.1) is 12.8 Å². The van der Waals surface area contributed by atoms with Crippen molar-refractivity contribution in [2.24, 2.45) is 0 Å². The lowest BCUT2D eigenvalue weighted by Gasteiger charge is -2.02. The Bertz CT molecular complexity index is 494. The number of benzene rings is 1. The van der Waals surface area contributed by atoms with Crippen molar-refractivity contribution in [1.29, 1.82) is 0 Å². The molecule has 0 aliphatic heterocycles. The number of halogens is 1. The molecule has 0 spiro atoms. The number of rotatable bonds is 6.